The maximum atomic E-state index is 13.4. The summed E-state index contributed by atoms with van der Waals surface area (Å²) in [5, 5.41) is 0. The Labute approximate surface area is 159 Å². The van der Waals surface area contributed by atoms with Crippen LogP contribution in [-0.4, -0.2) is 25.0 Å². The molecule has 0 bridgehead atoms. The van der Waals surface area contributed by atoms with Gasteiger partial charge in [0.25, 0.3) is 0 Å². The van der Waals surface area contributed by atoms with Gasteiger partial charge in [-0.05, 0) is 48.9 Å². The van der Waals surface area contributed by atoms with Crippen molar-refractivity contribution in [3.8, 4) is 5.75 Å². The smallest absolute Gasteiger partial charge is 0.308 e. The van der Waals surface area contributed by atoms with Gasteiger partial charge in [0.15, 0.2) is 5.78 Å². The third kappa shape index (κ3) is 2.79. The molecule has 2 aromatic carbocycles. The number of hydrogen-bond donors (Lipinski definition) is 0. The van der Waals surface area contributed by atoms with Gasteiger partial charge >= 0.3 is 5.97 Å². The standard InChI is InChI=1S/C23H24O4/c1-12-9-16-10-18(22(25)20(16)13(2)23(12)27-14(3)24)21-17-8-6-5-7-15(17)11-19(21)26-4/h5-9,18-19,21H,10-11H2,1-4H3. The zero-order valence-electron chi connectivity index (χ0n) is 16.2. The molecule has 4 heteroatoms. The summed E-state index contributed by atoms with van der Waals surface area (Å²) in [6, 6.07) is 10.3. The summed E-state index contributed by atoms with van der Waals surface area (Å²) in [5.74, 6) is 0.208. The molecule has 27 heavy (non-hydrogen) atoms. The summed E-state index contributed by atoms with van der Waals surface area (Å²) < 4.78 is 11.2. The van der Waals surface area contributed by atoms with Crippen LogP contribution in [0.15, 0.2) is 30.3 Å². The second-order valence-electron chi connectivity index (χ2n) is 7.65. The number of hydrogen-bond acceptors (Lipinski definition) is 4. The summed E-state index contributed by atoms with van der Waals surface area (Å²) in [4.78, 5) is 24.9. The molecular formula is C23H24O4. The Kier molecular flexibility index (Phi) is 4.39. The molecule has 4 nitrogen and oxygen atoms in total. The molecule has 0 amide bonds. The first-order valence-corrected chi connectivity index (χ1v) is 9.38. The summed E-state index contributed by atoms with van der Waals surface area (Å²) >= 11 is 0. The third-order valence-electron chi connectivity index (χ3n) is 6.03. The third-order valence-corrected chi connectivity index (χ3v) is 6.03. The number of aryl methyl sites for hydroxylation is 1. The van der Waals surface area contributed by atoms with Crippen molar-refractivity contribution < 1.29 is 19.1 Å². The van der Waals surface area contributed by atoms with E-state index in [1.807, 2.05) is 32.0 Å². The molecule has 0 aromatic heterocycles. The van der Waals surface area contributed by atoms with Crippen LogP contribution in [-0.2, 0) is 22.4 Å². The van der Waals surface area contributed by atoms with Crippen LogP contribution in [0.5, 0.6) is 5.75 Å². The van der Waals surface area contributed by atoms with Gasteiger partial charge in [0.2, 0.25) is 0 Å². The first-order valence-electron chi connectivity index (χ1n) is 9.38. The van der Waals surface area contributed by atoms with Gasteiger partial charge in [0.05, 0.1) is 6.10 Å². The lowest BCUT2D eigenvalue weighted by atomic mass is 9.83. The number of esters is 1. The van der Waals surface area contributed by atoms with E-state index in [0.29, 0.717) is 12.2 Å². The van der Waals surface area contributed by atoms with Gasteiger partial charge in [-0.15, -0.1) is 0 Å². The fraction of sp³-hybridized carbons (Fsp3) is 0.391. The predicted molar refractivity (Wildman–Crippen MR) is 102 cm³/mol. The van der Waals surface area contributed by atoms with E-state index in [-0.39, 0.29) is 29.7 Å². The first-order chi connectivity index (χ1) is 12.9. The van der Waals surface area contributed by atoms with E-state index in [4.69, 9.17) is 9.47 Å². The molecule has 0 spiro atoms. The molecule has 2 aromatic rings. The quantitative estimate of drug-likeness (QED) is 0.611. The molecule has 0 saturated heterocycles. The van der Waals surface area contributed by atoms with Gasteiger partial charge in [0.1, 0.15) is 5.75 Å². The molecule has 2 aliphatic rings. The number of carbonyl (C=O) groups excluding carboxylic acids is 2. The lowest BCUT2D eigenvalue weighted by Gasteiger charge is -2.24. The number of ether oxygens (including phenoxy) is 2. The highest BCUT2D eigenvalue weighted by Crippen LogP contribution is 2.47. The molecule has 3 atom stereocenters. The SMILES string of the molecule is COC1Cc2ccccc2C1C1Cc2cc(C)c(OC(C)=O)c(C)c2C1=O. The normalized spacial score (nSPS) is 23.3. The van der Waals surface area contributed by atoms with Gasteiger partial charge in [0, 0.05) is 37.0 Å². The molecule has 140 valence electrons. The van der Waals surface area contributed by atoms with Crippen molar-refractivity contribution in [3.05, 3.63) is 63.7 Å². The molecule has 0 fully saturated rings. The maximum absolute atomic E-state index is 13.4. The van der Waals surface area contributed by atoms with Crippen LogP contribution in [0.2, 0.25) is 0 Å². The number of fused-ring (bicyclic) bond motifs is 2. The van der Waals surface area contributed by atoms with Crippen molar-refractivity contribution in [3.63, 3.8) is 0 Å². The van der Waals surface area contributed by atoms with Crippen LogP contribution in [0.4, 0.5) is 0 Å². The van der Waals surface area contributed by atoms with Crippen molar-refractivity contribution in [1.82, 2.24) is 0 Å². The van der Waals surface area contributed by atoms with Crippen LogP contribution < -0.4 is 4.74 Å². The molecule has 0 heterocycles. The first kappa shape index (κ1) is 17.9. The van der Waals surface area contributed by atoms with Crippen LogP contribution >= 0.6 is 0 Å². The van der Waals surface area contributed by atoms with Gasteiger partial charge in [-0.2, -0.15) is 0 Å². The Hall–Kier alpha value is -2.46. The molecule has 0 N–H and O–H groups in total. The van der Waals surface area contributed by atoms with E-state index >= 15 is 0 Å². The number of benzene rings is 2. The van der Waals surface area contributed by atoms with Crippen LogP contribution in [0, 0.1) is 19.8 Å². The predicted octanol–water partition coefficient (Wildman–Crippen LogP) is 3.94. The fourth-order valence-electron chi connectivity index (χ4n) is 4.95. The highest BCUT2D eigenvalue weighted by atomic mass is 16.5. The van der Waals surface area contributed by atoms with Gasteiger partial charge in [-0.1, -0.05) is 30.3 Å². The Balaban J connectivity index is 1.76. The average molecular weight is 364 g/mol. The van der Waals surface area contributed by atoms with Crippen molar-refractivity contribution >= 4 is 11.8 Å². The molecule has 2 aliphatic carbocycles. The van der Waals surface area contributed by atoms with E-state index < -0.39 is 0 Å². The number of Topliss-reactive ketones (excluding diaryl/α,β-unsaturated/α-hetero) is 1. The van der Waals surface area contributed by atoms with Crippen molar-refractivity contribution in [2.75, 3.05) is 7.11 Å². The average Bonchev–Trinajstić information content (AvgIpc) is 3.15. The zero-order chi connectivity index (χ0) is 19.3. The van der Waals surface area contributed by atoms with E-state index in [2.05, 4.69) is 12.1 Å². The number of rotatable bonds is 3. The summed E-state index contributed by atoms with van der Waals surface area (Å²) in [6.07, 6.45) is 1.56. The number of methoxy groups -OCH3 is 1. The summed E-state index contributed by atoms with van der Waals surface area (Å²) in [7, 11) is 1.73. The molecule has 3 unspecified atom stereocenters. The van der Waals surface area contributed by atoms with Crippen molar-refractivity contribution in [2.45, 2.75) is 45.6 Å². The Morgan fingerprint density at radius 3 is 2.56 bits per heavy atom. The second kappa shape index (κ2) is 6.61. The van der Waals surface area contributed by atoms with Crippen molar-refractivity contribution in [2.24, 2.45) is 5.92 Å². The Morgan fingerprint density at radius 2 is 1.85 bits per heavy atom. The zero-order valence-corrected chi connectivity index (χ0v) is 16.2. The summed E-state index contributed by atoms with van der Waals surface area (Å²) in [5.41, 5.74) is 5.94. The minimum absolute atomic E-state index is 0.0139. The second-order valence-corrected chi connectivity index (χ2v) is 7.65. The summed E-state index contributed by atoms with van der Waals surface area (Å²) in [6.45, 7) is 5.18. The highest BCUT2D eigenvalue weighted by Gasteiger charge is 2.45. The topological polar surface area (TPSA) is 52.6 Å². The Morgan fingerprint density at radius 1 is 1.11 bits per heavy atom. The number of carbonyl (C=O) groups is 2. The molecule has 0 saturated carbocycles. The van der Waals surface area contributed by atoms with Crippen molar-refractivity contribution in [1.29, 1.82) is 0 Å². The minimum atomic E-state index is -0.368. The van der Waals surface area contributed by atoms with Gasteiger partial charge in [-0.3, -0.25) is 9.59 Å². The monoisotopic (exact) mass is 364 g/mol. The largest absolute Gasteiger partial charge is 0.426 e. The lowest BCUT2D eigenvalue weighted by Crippen LogP contribution is -2.28. The Bertz CT molecular complexity index is 944. The van der Waals surface area contributed by atoms with E-state index in [1.165, 1.54) is 18.1 Å². The van der Waals surface area contributed by atoms with Crippen LogP contribution in [0.25, 0.3) is 0 Å². The molecule has 0 radical (unpaired) electrons. The highest BCUT2D eigenvalue weighted by molar-refractivity contribution is 6.05. The van der Waals surface area contributed by atoms with E-state index in [0.717, 1.165) is 28.7 Å². The molecular weight excluding hydrogens is 340 g/mol. The maximum Gasteiger partial charge on any atom is 0.308 e. The van der Waals surface area contributed by atoms with Gasteiger partial charge < -0.3 is 9.47 Å². The van der Waals surface area contributed by atoms with E-state index in [9.17, 15) is 9.59 Å². The van der Waals surface area contributed by atoms with E-state index in [1.54, 1.807) is 7.11 Å². The number of ketones is 1. The molecule has 4 rings (SSSR count). The minimum Gasteiger partial charge on any atom is -0.426 e. The van der Waals surface area contributed by atoms with Crippen LogP contribution in [0.1, 0.15) is 51.0 Å². The van der Waals surface area contributed by atoms with Crippen LogP contribution in [0.3, 0.4) is 0 Å². The molecule has 0 aliphatic heterocycles. The lowest BCUT2D eigenvalue weighted by molar-refractivity contribution is -0.131. The fourth-order valence-corrected chi connectivity index (χ4v) is 4.95. The van der Waals surface area contributed by atoms with Gasteiger partial charge in [-0.25, -0.2) is 0 Å².